The summed E-state index contributed by atoms with van der Waals surface area (Å²) in [5.74, 6) is 0.472. The standard InChI is InChI=1S/C20H25N5O4/c1-28-10-11-29-20(27)23-15-8-9-25(13-15)18-7-6-14(12-22-18)19(26)24-17-5-3-2-4-16(17)21/h2-7,12,15H,8-11,13,21H2,1H3,(H,23,27)(H,24,26). The Balaban J connectivity index is 1.52. The number of nitrogens with two attached hydrogens (primary N) is 1. The number of pyridine rings is 1. The number of hydrogen-bond donors (Lipinski definition) is 3. The summed E-state index contributed by atoms with van der Waals surface area (Å²) < 4.78 is 9.87. The molecule has 0 aliphatic carbocycles. The molecular weight excluding hydrogens is 374 g/mol. The van der Waals surface area contributed by atoms with Crippen LogP contribution >= 0.6 is 0 Å². The van der Waals surface area contributed by atoms with Crippen LogP contribution in [0.1, 0.15) is 16.8 Å². The number of ether oxygens (including phenoxy) is 2. The molecule has 1 aliphatic rings. The number of hydrogen-bond acceptors (Lipinski definition) is 7. The molecule has 0 spiro atoms. The van der Waals surface area contributed by atoms with Gasteiger partial charge in [-0.25, -0.2) is 9.78 Å². The predicted octanol–water partition coefficient (Wildman–Crippen LogP) is 1.87. The second-order valence-electron chi connectivity index (χ2n) is 6.65. The summed E-state index contributed by atoms with van der Waals surface area (Å²) in [7, 11) is 1.55. The molecule has 2 heterocycles. The number of benzene rings is 1. The molecule has 4 N–H and O–H groups in total. The molecule has 1 aromatic carbocycles. The normalized spacial score (nSPS) is 15.8. The molecule has 1 saturated heterocycles. The van der Waals surface area contributed by atoms with Gasteiger partial charge < -0.3 is 30.7 Å². The van der Waals surface area contributed by atoms with Crippen molar-refractivity contribution in [3.63, 3.8) is 0 Å². The third kappa shape index (κ3) is 5.58. The molecule has 1 aliphatic heterocycles. The maximum absolute atomic E-state index is 12.4. The lowest BCUT2D eigenvalue weighted by Gasteiger charge is -2.18. The van der Waals surface area contributed by atoms with Crippen LogP contribution in [-0.4, -0.2) is 56.4 Å². The van der Waals surface area contributed by atoms with E-state index in [1.165, 1.54) is 6.20 Å². The van der Waals surface area contributed by atoms with E-state index in [2.05, 4.69) is 20.5 Å². The monoisotopic (exact) mass is 399 g/mol. The number of carbonyl (C=O) groups excluding carboxylic acids is 2. The van der Waals surface area contributed by atoms with Gasteiger partial charge in [0.2, 0.25) is 0 Å². The van der Waals surface area contributed by atoms with Crippen LogP contribution in [0.25, 0.3) is 0 Å². The van der Waals surface area contributed by atoms with E-state index in [4.69, 9.17) is 15.2 Å². The van der Waals surface area contributed by atoms with Crippen molar-refractivity contribution < 1.29 is 19.1 Å². The average molecular weight is 399 g/mol. The average Bonchev–Trinajstić information content (AvgIpc) is 3.18. The second-order valence-corrected chi connectivity index (χ2v) is 6.65. The van der Waals surface area contributed by atoms with Gasteiger partial charge in [-0.15, -0.1) is 0 Å². The molecule has 1 fully saturated rings. The van der Waals surface area contributed by atoms with Crippen molar-refractivity contribution in [2.45, 2.75) is 12.5 Å². The van der Waals surface area contributed by atoms with Gasteiger partial charge >= 0.3 is 6.09 Å². The van der Waals surface area contributed by atoms with Crippen molar-refractivity contribution in [2.24, 2.45) is 0 Å². The number of anilines is 3. The van der Waals surface area contributed by atoms with Crippen LogP contribution in [-0.2, 0) is 9.47 Å². The van der Waals surface area contributed by atoms with Gasteiger partial charge in [-0.1, -0.05) is 12.1 Å². The lowest BCUT2D eigenvalue weighted by atomic mass is 10.2. The Labute approximate surface area is 169 Å². The Bertz CT molecular complexity index is 843. The molecule has 3 rings (SSSR count). The van der Waals surface area contributed by atoms with E-state index in [0.717, 1.165) is 18.8 Å². The summed E-state index contributed by atoms with van der Waals surface area (Å²) in [6.07, 6.45) is 1.87. The second kappa shape index (κ2) is 9.74. The van der Waals surface area contributed by atoms with E-state index >= 15 is 0 Å². The Morgan fingerprint density at radius 1 is 1.24 bits per heavy atom. The van der Waals surface area contributed by atoms with E-state index in [9.17, 15) is 9.59 Å². The first-order chi connectivity index (χ1) is 14.1. The van der Waals surface area contributed by atoms with E-state index in [1.807, 2.05) is 0 Å². The maximum atomic E-state index is 12.4. The molecule has 29 heavy (non-hydrogen) atoms. The Morgan fingerprint density at radius 2 is 2.07 bits per heavy atom. The largest absolute Gasteiger partial charge is 0.447 e. The van der Waals surface area contributed by atoms with E-state index in [-0.39, 0.29) is 18.6 Å². The molecule has 154 valence electrons. The van der Waals surface area contributed by atoms with Crippen LogP contribution in [0.3, 0.4) is 0 Å². The molecule has 0 bridgehead atoms. The van der Waals surface area contributed by atoms with Gasteiger partial charge in [0.25, 0.3) is 5.91 Å². The van der Waals surface area contributed by atoms with Gasteiger partial charge in [0.15, 0.2) is 0 Å². The summed E-state index contributed by atoms with van der Waals surface area (Å²) >= 11 is 0. The van der Waals surface area contributed by atoms with Crippen molar-refractivity contribution in [2.75, 3.05) is 49.4 Å². The summed E-state index contributed by atoms with van der Waals surface area (Å²) in [5.41, 5.74) is 7.35. The highest BCUT2D eigenvalue weighted by Gasteiger charge is 2.25. The summed E-state index contributed by atoms with van der Waals surface area (Å²) in [6, 6.07) is 10.6. The number of nitrogen functional groups attached to an aromatic ring is 1. The van der Waals surface area contributed by atoms with Gasteiger partial charge in [-0.05, 0) is 30.7 Å². The van der Waals surface area contributed by atoms with Crippen molar-refractivity contribution in [1.82, 2.24) is 10.3 Å². The first kappa shape index (κ1) is 20.4. The van der Waals surface area contributed by atoms with Crippen LogP contribution in [0, 0.1) is 0 Å². The van der Waals surface area contributed by atoms with Gasteiger partial charge in [0.05, 0.1) is 29.6 Å². The van der Waals surface area contributed by atoms with Crippen LogP contribution in [0.2, 0.25) is 0 Å². The van der Waals surface area contributed by atoms with Gasteiger partial charge in [-0.2, -0.15) is 0 Å². The lowest BCUT2D eigenvalue weighted by Crippen LogP contribution is -2.38. The molecule has 1 aromatic heterocycles. The highest BCUT2D eigenvalue weighted by Crippen LogP contribution is 2.20. The van der Waals surface area contributed by atoms with Gasteiger partial charge in [0, 0.05) is 26.4 Å². The number of nitrogens with zero attached hydrogens (tertiary/aromatic N) is 2. The summed E-state index contributed by atoms with van der Waals surface area (Å²) in [6.45, 7) is 1.96. The molecule has 0 radical (unpaired) electrons. The van der Waals surface area contributed by atoms with Gasteiger partial charge in [0.1, 0.15) is 12.4 Å². The molecule has 2 aromatic rings. The molecule has 1 atom stereocenters. The van der Waals surface area contributed by atoms with Crippen molar-refractivity contribution >= 4 is 29.2 Å². The van der Waals surface area contributed by atoms with Crippen LogP contribution < -0.4 is 21.3 Å². The summed E-state index contributed by atoms with van der Waals surface area (Å²) in [5, 5.41) is 5.61. The third-order valence-electron chi connectivity index (χ3n) is 4.57. The van der Waals surface area contributed by atoms with Crippen molar-refractivity contribution in [3.05, 3.63) is 48.2 Å². The predicted molar refractivity (Wildman–Crippen MR) is 110 cm³/mol. The van der Waals surface area contributed by atoms with E-state index in [0.29, 0.717) is 30.1 Å². The minimum Gasteiger partial charge on any atom is -0.447 e. The van der Waals surface area contributed by atoms with Crippen molar-refractivity contribution in [1.29, 1.82) is 0 Å². The fraction of sp³-hybridized carbons (Fsp3) is 0.350. The smallest absolute Gasteiger partial charge is 0.407 e. The van der Waals surface area contributed by atoms with Crippen LogP contribution in [0.15, 0.2) is 42.6 Å². The molecule has 9 nitrogen and oxygen atoms in total. The van der Waals surface area contributed by atoms with Crippen LogP contribution in [0.5, 0.6) is 0 Å². The zero-order valence-corrected chi connectivity index (χ0v) is 16.3. The third-order valence-corrected chi connectivity index (χ3v) is 4.57. The number of para-hydroxylation sites is 2. The molecule has 9 heteroatoms. The fourth-order valence-electron chi connectivity index (χ4n) is 3.02. The molecule has 2 amide bonds. The minimum absolute atomic E-state index is 0.0177. The summed E-state index contributed by atoms with van der Waals surface area (Å²) in [4.78, 5) is 30.6. The lowest BCUT2D eigenvalue weighted by molar-refractivity contribution is 0.0968. The van der Waals surface area contributed by atoms with E-state index < -0.39 is 6.09 Å². The zero-order valence-electron chi connectivity index (χ0n) is 16.3. The number of nitrogens with one attached hydrogen (secondary N) is 2. The van der Waals surface area contributed by atoms with Crippen LogP contribution in [0.4, 0.5) is 22.0 Å². The minimum atomic E-state index is -0.450. The highest BCUT2D eigenvalue weighted by atomic mass is 16.6. The Hall–Kier alpha value is -3.33. The number of amides is 2. The SMILES string of the molecule is COCCOC(=O)NC1CCN(c2ccc(C(=O)Nc3ccccc3N)cn2)C1. The van der Waals surface area contributed by atoms with E-state index in [1.54, 1.807) is 43.5 Å². The number of rotatable bonds is 7. The Morgan fingerprint density at radius 3 is 2.79 bits per heavy atom. The number of alkyl carbamates (subject to hydrolysis) is 1. The molecular formula is C20H25N5O4. The maximum Gasteiger partial charge on any atom is 0.407 e. The number of aromatic nitrogens is 1. The number of carbonyl (C=O) groups is 2. The zero-order chi connectivity index (χ0) is 20.6. The van der Waals surface area contributed by atoms with Crippen molar-refractivity contribution in [3.8, 4) is 0 Å². The molecule has 0 saturated carbocycles. The first-order valence-electron chi connectivity index (χ1n) is 9.36. The van der Waals surface area contributed by atoms with Gasteiger partial charge in [-0.3, -0.25) is 4.79 Å². The highest BCUT2D eigenvalue weighted by molar-refractivity contribution is 6.05. The quantitative estimate of drug-likeness (QED) is 0.480. The first-order valence-corrected chi connectivity index (χ1v) is 9.36. The molecule has 1 unspecified atom stereocenters. The topological polar surface area (TPSA) is 119 Å². The fourth-order valence-corrected chi connectivity index (χ4v) is 3.02. The Kier molecular flexibility index (Phi) is 6.85. The number of methoxy groups -OCH3 is 1.